The molecule has 2 aromatic carbocycles. The zero-order valence-electron chi connectivity index (χ0n) is 17.7. The van der Waals surface area contributed by atoms with E-state index in [2.05, 4.69) is 5.10 Å². The number of rotatable bonds is 4. The monoisotopic (exact) mass is 497 g/mol. The number of nitrogens with zero attached hydrogens (tertiary/aromatic N) is 3. The topological polar surface area (TPSA) is 96.3 Å². The van der Waals surface area contributed by atoms with Crippen LogP contribution >= 0.6 is 23.2 Å². The SMILES string of the molecule is CC(=O)Oc1ccc(C(=O)[C@H]2[C@H]3C(=O)N(c4ccc(Cl)cc4Cl)C(=O)[C@H]3[C@@H]3C=CC=NN32)cc1. The van der Waals surface area contributed by atoms with Gasteiger partial charge in [0.15, 0.2) is 5.78 Å². The summed E-state index contributed by atoms with van der Waals surface area (Å²) in [6.07, 6.45) is 4.97. The Balaban J connectivity index is 1.53. The van der Waals surface area contributed by atoms with Crippen LogP contribution in [0, 0.1) is 11.8 Å². The molecule has 0 unspecified atom stereocenters. The third kappa shape index (κ3) is 3.50. The highest BCUT2D eigenvalue weighted by molar-refractivity contribution is 6.38. The van der Waals surface area contributed by atoms with Crippen LogP contribution in [0.4, 0.5) is 5.69 Å². The third-order valence-corrected chi connectivity index (χ3v) is 6.65. The van der Waals surface area contributed by atoms with Gasteiger partial charge in [-0.15, -0.1) is 0 Å². The Morgan fingerprint density at radius 3 is 2.38 bits per heavy atom. The van der Waals surface area contributed by atoms with Gasteiger partial charge in [-0.05, 0) is 48.5 Å². The number of benzene rings is 2. The molecule has 2 amide bonds. The summed E-state index contributed by atoms with van der Waals surface area (Å²) in [6, 6.07) is 8.99. The summed E-state index contributed by atoms with van der Waals surface area (Å²) in [5.74, 6) is -3.29. The van der Waals surface area contributed by atoms with Crippen molar-refractivity contribution in [3.63, 3.8) is 0 Å². The van der Waals surface area contributed by atoms with Gasteiger partial charge in [-0.25, -0.2) is 4.90 Å². The Labute approximate surface area is 204 Å². The van der Waals surface area contributed by atoms with Crippen molar-refractivity contribution in [2.24, 2.45) is 16.9 Å². The second-order valence-electron chi connectivity index (χ2n) is 8.11. The van der Waals surface area contributed by atoms with Crippen LogP contribution in [0.1, 0.15) is 17.3 Å². The zero-order valence-corrected chi connectivity index (χ0v) is 19.2. The summed E-state index contributed by atoms with van der Waals surface area (Å²) >= 11 is 12.3. The Hall–Kier alpha value is -3.49. The van der Waals surface area contributed by atoms with Crippen molar-refractivity contribution >= 4 is 58.7 Å². The molecule has 2 aromatic rings. The molecule has 3 heterocycles. The molecule has 172 valence electrons. The summed E-state index contributed by atoms with van der Waals surface area (Å²) in [4.78, 5) is 52.9. The standard InChI is InChI=1S/C24H17Cl2N3O5/c1-12(30)34-15-7-4-13(5-8-15)22(31)21-20-19(18-3-2-10-27-29(18)21)23(32)28(24(20)33)17-9-6-14(25)11-16(17)26/h2-11,18-21H,1H3/t18-,19-,20-,21+/m0/s1. The summed E-state index contributed by atoms with van der Waals surface area (Å²) in [5.41, 5.74) is 0.524. The van der Waals surface area contributed by atoms with Gasteiger partial charge in [0, 0.05) is 23.7 Å². The first kappa shape index (κ1) is 22.3. The van der Waals surface area contributed by atoms with Crippen molar-refractivity contribution in [1.29, 1.82) is 0 Å². The number of halogens is 2. The predicted octanol–water partition coefficient (Wildman–Crippen LogP) is 3.52. The minimum Gasteiger partial charge on any atom is -0.427 e. The maximum atomic E-state index is 13.6. The van der Waals surface area contributed by atoms with Crippen molar-refractivity contribution < 1.29 is 23.9 Å². The average Bonchev–Trinajstić information content (AvgIpc) is 3.27. The molecule has 0 aromatic heterocycles. The van der Waals surface area contributed by atoms with Crippen LogP contribution in [0.5, 0.6) is 5.75 Å². The van der Waals surface area contributed by atoms with Crippen LogP contribution in [0.3, 0.4) is 0 Å². The lowest BCUT2D eigenvalue weighted by Crippen LogP contribution is -2.46. The van der Waals surface area contributed by atoms with Crippen LogP contribution in [-0.4, -0.2) is 46.9 Å². The fourth-order valence-electron chi connectivity index (χ4n) is 4.76. The van der Waals surface area contributed by atoms with Crippen molar-refractivity contribution in [2.75, 3.05) is 4.90 Å². The van der Waals surface area contributed by atoms with Crippen LogP contribution < -0.4 is 9.64 Å². The molecule has 0 N–H and O–H groups in total. The number of Topliss-reactive ketones (excluding diaryl/α,β-unsaturated/α-hetero) is 1. The second-order valence-corrected chi connectivity index (χ2v) is 8.95. The molecule has 0 radical (unpaired) electrons. The number of esters is 1. The van der Waals surface area contributed by atoms with Crippen molar-refractivity contribution in [3.8, 4) is 5.75 Å². The highest BCUT2D eigenvalue weighted by Crippen LogP contribution is 2.47. The number of amides is 2. The van der Waals surface area contributed by atoms with E-state index in [0.717, 1.165) is 4.90 Å². The van der Waals surface area contributed by atoms with Crippen LogP contribution in [0.2, 0.25) is 10.0 Å². The Morgan fingerprint density at radius 2 is 1.71 bits per heavy atom. The minimum atomic E-state index is -0.997. The molecule has 8 nitrogen and oxygen atoms in total. The number of hydrogen-bond acceptors (Lipinski definition) is 7. The van der Waals surface area contributed by atoms with Gasteiger partial charge >= 0.3 is 5.97 Å². The number of fused-ring (bicyclic) bond motifs is 3. The molecule has 0 saturated carbocycles. The molecule has 3 aliphatic rings. The number of ether oxygens (including phenoxy) is 1. The van der Waals surface area contributed by atoms with E-state index in [0.29, 0.717) is 16.3 Å². The van der Waals surface area contributed by atoms with Gasteiger partial charge in [-0.3, -0.25) is 24.2 Å². The molecule has 0 spiro atoms. The summed E-state index contributed by atoms with van der Waals surface area (Å²) in [6.45, 7) is 1.28. The van der Waals surface area contributed by atoms with E-state index in [9.17, 15) is 19.2 Å². The van der Waals surface area contributed by atoms with Crippen LogP contribution in [0.15, 0.2) is 59.7 Å². The number of anilines is 1. The average molecular weight is 498 g/mol. The van der Waals surface area contributed by atoms with Gasteiger partial charge < -0.3 is 4.74 Å². The fourth-order valence-corrected chi connectivity index (χ4v) is 5.25. The lowest BCUT2D eigenvalue weighted by Gasteiger charge is -2.30. The molecule has 2 saturated heterocycles. The molecule has 5 rings (SSSR count). The second kappa shape index (κ2) is 8.38. The lowest BCUT2D eigenvalue weighted by molar-refractivity contribution is -0.132. The van der Waals surface area contributed by atoms with Crippen LogP contribution in [-0.2, 0) is 14.4 Å². The molecular weight excluding hydrogens is 481 g/mol. The number of imide groups is 1. The Kier molecular flexibility index (Phi) is 5.50. The van der Waals surface area contributed by atoms with Gasteiger partial charge in [0.25, 0.3) is 0 Å². The van der Waals surface area contributed by atoms with Gasteiger partial charge in [-0.2, -0.15) is 5.10 Å². The zero-order chi connectivity index (χ0) is 24.1. The largest absolute Gasteiger partial charge is 0.427 e. The third-order valence-electron chi connectivity index (χ3n) is 6.11. The number of carbonyl (C=O) groups is 4. The lowest BCUT2D eigenvalue weighted by atomic mass is 9.86. The Morgan fingerprint density at radius 1 is 1.00 bits per heavy atom. The first-order chi connectivity index (χ1) is 16.3. The van der Waals surface area contributed by atoms with Crippen LogP contribution in [0.25, 0.3) is 0 Å². The van der Waals surface area contributed by atoms with E-state index in [1.807, 2.05) is 0 Å². The van der Waals surface area contributed by atoms with Gasteiger partial charge in [0.1, 0.15) is 11.8 Å². The highest BCUT2D eigenvalue weighted by Gasteiger charge is 2.64. The molecule has 0 aliphatic carbocycles. The molecule has 4 atom stereocenters. The molecule has 2 fully saturated rings. The summed E-state index contributed by atoms with van der Waals surface area (Å²) in [5, 5.41) is 6.37. The number of hydrogen-bond donors (Lipinski definition) is 0. The minimum absolute atomic E-state index is 0.159. The molecular formula is C24H17Cl2N3O5. The number of hydrazone groups is 1. The van der Waals surface area contributed by atoms with E-state index in [1.54, 1.807) is 18.2 Å². The predicted molar refractivity (Wildman–Crippen MR) is 125 cm³/mol. The highest BCUT2D eigenvalue weighted by atomic mass is 35.5. The number of ketones is 1. The number of allylic oxidation sites excluding steroid dienone is 1. The van der Waals surface area contributed by atoms with Crippen molar-refractivity contribution in [1.82, 2.24) is 5.01 Å². The fraction of sp³-hybridized carbons (Fsp3) is 0.208. The smallest absolute Gasteiger partial charge is 0.308 e. The maximum absolute atomic E-state index is 13.6. The molecule has 3 aliphatic heterocycles. The molecule has 10 heteroatoms. The van der Waals surface area contributed by atoms with Crippen molar-refractivity contribution in [3.05, 3.63) is 70.2 Å². The van der Waals surface area contributed by atoms with E-state index >= 15 is 0 Å². The summed E-state index contributed by atoms with van der Waals surface area (Å²) < 4.78 is 5.02. The maximum Gasteiger partial charge on any atom is 0.308 e. The van der Waals surface area contributed by atoms with Crippen molar-refractivity contribution in [2.45, 2.75) is 19.0 Å². The van der Waals surface area contributed by atoms with E-state index in [-0.39, 0.29) is 16.5 Å². The van der Waals surface area contributed by atoms with E-state index in [4.69, 9.17) is 27.9 Å². The van der Waals surface area contributed by atoms with E-state index < -0.39 is 41.7 Å². The first-order valence-corrected chi connectivity index (χ1v) is 11.2. The van der Waals surface area contributed by atoms with Gasteiger partial charge in [-0.1, -0.05) is 29.3 Å². The normalized spacial score (nSPS) is 24.9. The van der Waals surface area contributed by atoms with E-state index in [1.165, 1.54) is 54.5 Å². The summed E-state index contributed by atoms with van der Waals surface area (Å²) in [7, 11) is 0. The first-order valence-electron chi connectivity index (χ1n) is 10.4. The van der Waals surface area contributed by atoms with Gasteiger partial charge in [0.2, 0.25) is 11.8 Å². The quantitative estimate of drug-likeness (QED) is 0.277. The molecule has 0 bridgehead atoms. The number of carbonyl (C=O) groups excluding carboxylic acids is 4. The van der Waals surface area contributed by atoms with Gasteiger partial charge in [0.05, 0.1) is 28.6 Å². The Bertz CT molecular complexity index is 1290. The molecule has 34 heavy (non-hydrogen) atoms.